The lowest BCUT2D eigenvalue weighted by Crippen LogP contribution is -2.19. The molecule has 0 spiro atoms. The third kappa shape index (κ3) is 9.17. The number of rotatable bonds is 12. The van der Waals surface area contributed by atoms with E-state index in [0.29, 0.717) is 77.8 Å². The molecule has 0 aliphatic carbocycles. The first-order chi connectivity index (χ1) is 40.3. The molecule has 0 heterocycles. The monoisotopic (exact) mass is 1130 g/mol. The average Bonchev–Trinajstić information content (AvgIpc) is 1.00. The van der Waals surface area contributed by atoms with Crippen molar-refractivity contribution in [3.8, 4) is 0 Å². The maximum atomic E-state index is 16.4. The second-order valence-electron chi connectivity index (χ2n) is 21.5. The zero-order chi connectivity index (χ0) is 59.2. The summed E-state index contributed by atoms with van der Waals surface area (Å²) >= 11 is 0. The average molecular weight is 1130 g/mol. The van der Waals surface area contributed by atoms with Crippen LogP contribution in [0.3, 0.4) is 0 Å². The van der Waals surface area contributed by atoms with Crippen LogP contribution < -0.4 is 19.6 Å². The minimum atomic E-state index is -0.841. The van der Waals surface area contributed by atoms with Gasteiger partial charge in [0.2, 0.25) is 0 Å². The van der Waals surface area contributed by atoms with Crippen LogP contribution in [0.2, 0.25) is 0 Å². The minimum Gasteiger partial charge on any atom is -0.309 e. The van der Waals surface area contributed by atoms with Crippen molar-refractivity contribution in [3.63, 3.8) is 0 Å². The van der Waals surface area contributed by atoms with E-state index in [1.165, 1.54) is 24.3 Å². The van der Waals surface area contributed by atoms with Crippen LogP contribution >= 0.6 is 0 Å². The molecule has 0 saturated heterocycles. The molecular weight excluding hydrogens is 1070 g/mol. The molecule has 0 bridgehead atoms. The van der Waals surface area contributed by atoms with Crippen LogP contribution in [0.25, 0.3) is 32.3 Å². The van der Waals surface area contributed by atoms with Crippen LogP contribution in [0, 0.1) is 102 Å². The Labute approximate surface area is 481 Å². The second-order valence-corrected chi connectivity index (χ2v) is 21.5. The predicted octanol–water partition coefficient (Wildman–Crippen LogP) is 22.0. The molecule has 0 saturated carbocycles. The molecule has 0 radical (unpaired) electrons. The van der Waals surface area contributed by atoms with Gasteiger partial charge in [-0.15, -0.1) is 0 Å². The molecule has 0 unspecified atom stereocenters. The summed E-state index contributed by atoms with van der Waals surface area (Å²) in [6, 6.07) is 49.3. The first kappa shape index (κ1) is 54.9. The molecule has 4 nitrogen and oxygen atoms in total. The molecular formula is C72H54F8N4. The van der Waals surface area contributed by atoms with E-state index in [4.69, 9.17) is 0 Å². The number of anilines is 12. The summed E-state index contributed by atoms with van der Waals surface area (Å²) in [5.41, 5.74) is 7.80. The molecule has 0 aliphatic rings. The van der Waals surface area contributed by atoms with Gasteiger partial charge in [0.25, 0.3) is 0 Å². The smallest absolute Gasteiger partial charge is 0.131 e. The van der Waals surface area contributed by atoms with Gasteiger partial charge in [0.1, 0.15) is 46.5 Å². The highest BCUT2D eigenvalue weighted by molar-refractivity contribution is 6.33. The zero-order valence-corrected chi connectivity index (χ0v) is 47.1. The lowest BCUT2D eigenvalue weighted by atomic mass is 9.88. The maximum Gasteiger partial charge on any atom is 0.131 e. The SMILES string of the molecule is Cc1ccccc1N(c1cc(F)cc(F)c1C)c1cc(N(c2ccccc2C)c2cc(F)cc(F)c2C)c2ccc3c(N(c4ccccc4C)c4cc(F)cc(F)c4C)cc(N(c4ccccc4C)c4cc(F)cc(F)c4C)c4ccc1c2c43. The van der Waals surface area contributed by atoms with Gasteiger partial charge in [-0.25, -0.2) is 35.1 Å². The van der Waals surface area contributed by atoms with Crippen molar-refractivity contribution in [2.45, 2.75) is 55.4 Å². The summed E-state index contributed by atoms with van der Waals surface area (Å²) < 4.78 is 130. The van der Waals surface area contributed by atoms with Gasteiger partial charge < -0.3 is 19.6 Å². The third-order valence-corrected chi connectivity index (χ3v) is 16.3. The Hall–Kier alpha value is -9.68. The van der Waals surface area contributed by atoms with Gasteiger partial charge >= 0.3 is 0 Å². The van der Waals surface area contributed by atoms with Crippen LogP contribution in [0.5, 0.6) is 0 Å². The normalized spacial score (nSPS) is 11.6. The minimum absolute atomic E-state index is 0.119. The Morgan fingerprint density at radius 2 is 0.417 bits per heavy atom. The van der Waals surface area contributed by atoms with Gasteiger partial charge in [-0.1, -0.05) is 97.1 Å². The van der Waals surface area contributed by atoms with Crippen molar-refractivity contribution in [3.05, 3.63) is 273 Å². The van der Waals surface area contributed by atoms with Crippen molar-refractivity contribution >= 4 is 101 Å². The Morgan fingerprint density at radius 1 is 0.214 bits per heavy atom. The summed E-state index contributed by atoms with van der Waals surface area (Å²) in [4.78, 5) is 7.17. The summed E-state index contributed by atoms with van der Waals surface area (Å²) in [5, 5.41) is 3.25. The Balaban J connectivity index is 1.37. The van der Waals surface area contributed by atoms with E-state index in [1.807, 2.05) is 161 Å². The van der Waals surface area contributed by atoms with Gasteiger partial charge in [0, 0.05) is 102 Å². The molecule has 418 valence electrons. The Bertz CT molecular complexity index is 4060. The number of hydrogen-bond acceptors (Lipinski definition) is 4. The summed E-state index contributed by atoms with van der Waals surface area (Å²) in [6.45, 7) is 13.8. The van der Waals surface area contributed by atoms with E-state index in [9.17, 15) is 0 Å². The van der Waals surface area contributed by atoms with Crippen molar-refractivity contribution in [1.82, 2.24) is 0 Å². The zero-order valence-electron chi connectivity index (χ0n) is 47.1. The van der Waals surface area contributed by atoms with E-state index in [1.54, 1.807) is 47.3 Å². The largest absolute Gasteiger partial charge is 0.309 e. The van der Waals surface area contributed by atoms with Crippen LogP contribution in [-0.4, -0.2) is 0 Å². The molecule has 0 fully saturated rings. The second kappa shape index (κ2) is 21.3. The molecule has 12 aromatic rings. The number of nitrogens with zero attached hydrogens (tertiary/aromatic N) is 4. The molecule has 12 aromatic carbocycles. The van der Waals surface area contributed by atoms with Crippen molar-refractivity contribution < 1.29 is 35.1 Å². The summed E-state index contributed by atoms with van der Waals surface area (Å²) in [6.07, 6.45) is 0. The van der Waals surface area contributed by atoms with Gasteiger partial charge in [0.15, 0.2) is 0 Å². The van der Waals surface area contributed by atoms with Crippen LogP contribution in [-0.2, 0) is 0 Å². The van der Waals surface area contributed by atoms with Crippen LogP contribution in [0.4, 0.5) is 103 Å². The first-order valence-electron chi connectivity index (χ1n) is 27.3. The fraction of sp³-hybridized carbons (Fsp3) is 0.111. The number of hydrogen-bond donors (Lipinski definition) is 0. The van der Waals surface area contributed by atoms with Crippen molar-refractivity contribution in [1.29, 1.82) is 0 Å². The molecule has 0 aromatic heterocycles. The van der Waals surface area contributed by atoms with E-state index in [2.05, 4.69) is 0 Å². The third-order valence-electron chi connectivity index (χ3n) is 16.3. The fourth-order valence-corrected chi connectivity index (χ4v) is 11.9. The molecule has 84 heavy (non-hydrogen) atoms. The van der Waals surface area contributed by atoms with Gasteiger partial charge in [-0.3, -0.25) is 0 Å². The highest BCUT2D eigenvalue weighted by Crippen LogP contribution is 2.57. The maximum absolute atomic E-state index is 16.4. The lowest BCUT2D eigenvalue weighted by Gasteiger charge is -2.36. The molecule has 12 rings (SSSR count). The van der Waals surface area contributed by atoms with E-state index < -0.39 is 46.5 Å². The van der Waals surface area contributed by atoms with Crippen LogP contribution in [0.15, 0.2) is 182 Å². The molecule has 12 heteroatoms. The van der Waals surface area contributed by atoms with Gasteiger partial charge in [-0.2, -0.15) is 0 Å². The van der Waals surface area contributed by atoms with Crippen molar-refractivity contribution in [2.75, 3.05) is 19.6 Å². The van der Waals surface area contributed by atoms with Gasteiger partial charge in [-0.05, 0) is 138 Å². The topological polar surface area (TPSA) is 13.0 Å². The number of benzene rings is 12. The molecule has 0 N–H and O–H groups in total. The Kier molecular flexibility index (Phi) is 13.9. The predicted molar refractivity (Wildman–Crippen MR) is 326 cm³/mol. The van der Waals surface area contributed by atoms with Crippen LogP contribution in [0.1, 0.15) is 44.5 Å². The number of para-hydroxylation sites is 4. The number of halogens is 8. The lowest BCUT2D eigenvalue weighted by molar-refractivity contribution is 0.577. The van der Waals surface area contributed by atoms with E-state index in [-0.39, 0.29) is 45.0 Å². The number of aryl methyl sites for hydroxylation is 4. The standard InChI is InChI=1S/C72H54F8N4/c1-39-17-9-13-21-59(39)81(63-33-47(73)29-55(77)43(63)5)67-37-68(82(60-22-14-10-18-40(60)2)64-34-48(74)30-56(78)44(64)6)52-27-28-54-70(84(62-24-16-12-20-42(62)4)66-36-50(76)32-58(80)46(66)8)38-69(53-26-25-51(67)71(52)72(53)54)83(61-23-15-11-19-41(61)3)65-35-49(75)31-57(79)45(65)7/h9-38H,1-8H3. The Morgan fingerprint density at radius 3 is 0.619 bits per heavy atom. The summed E-state index contributed by atoms with van der Waals surface area (Å²) in [5.74, 6) is -6.57. The fourth-order valence-electron chi connectivity index (χ4n) is 11.9. The first-order valence-corrected chi connectivity index (χ1v) is 27.3. The highest BCUT2D eigenvalue weighted by atomic mass is 19.2. The van der Waals surface area contributed by atoms with E-state index >= 15 is 35.1 Å². The van der Waals surface area contributed by atoms with E-state index in [0.717, 1.165) is 46.5 Å². The van der Waals surface area contributed by atoms with Crippen molar-refractivity contribution in [2.24, 2.45) is 0 Å². The molecule has 0 atom stereocenters. The highest BCUT2D eigenvalue weighted by Gasteiger charge is 2.33. The molecule has 0 aliphatic heterocycles. The van der Waals surface area contributed by atoms with Gasteiger partial charge in [0.05, 0.1) is 45.5 Å². The molecule has 0 amide bonds. The quantitative estimate of drug-likeness (QED) is 0.0893. The summed E-state index contributed by atoms with van der Waals surface area (Å²) in [7, 11) is 0.